The quantitative estimate of drug-likeness (QED) is 0.186. The standard InChI is InChI=1S/C38H43IN4O2/c39-33-17-16-30-24-32(15-14-31(30)25-33)37(44)40-26-34-18-23-43(38(45)36(41-34)19-22-42-20-8-3-9-21-42)27-35(28-10-4-1-5-11-28)29-12-6-2-7-13-29/h1-2,4-7,10-17,24-25,34-36,41H,3,8-9,18-23,26-27H2,(H,40,44)/t34-,36-/m0/s1. The molecule has 0 bridgehead atoms. The van der Waals surface area contributed by atoms with Crippen molar-refractivity contribution in [3.05, 3.63) is 117 Å². The highest BCUT2D eigenvalue weighted by Crippen LogP contribution is 2.27. The Hall–Kier alpha value is -3.27. The van der Waals surface area contributed by atoms with Crippen LogP contribution in [0.1, 0.15) is 59.5 Å². The van der Waals surface area contributed by atoms with E-state index >= 15 is 0 Å². The zero-order valence-corrected chi connectivity index (χ0v) is 28.0. The molecule has 45 heavy (non-hydrogen) atoms. The Labute approximate surface area is 280 Å². The number of piperidine rings is 1. The Morgan fingerprint density at radius 1 is 0.844 bits per heavy atom. The van der Waals surface area contributed by atoms with Crippen molar-refractivity contribution in [3.63, 3.8) is 0 Å². The van der Waals surface area contributed by atoms with Gasteiger partial charge < -0.3 is 20.4 Å². The van der Waals surface area contributed by atoms with Crippen molar-refractivity contribution < 1.29 is 9.59 Å². The minimum absolute atomic E-state index is 0.00295. The van der Waals surface area contributed by atoms with Crippen LogP contribution in [-0.2, 0) is 4.79 Å². The summed E-state index contributed by atoms with van der Waals surface area (Å²) in [5.74, 6) is 0.177. The van der Waals surface area contributed by atoms with E-state index in [0.29, 0.717) is 25.2 Å². The van der Waals surface area contributed by atoms with Gasteiger partial charge in [0.25, 0.3) is 5.91 Å². The first-order valence-corrected chi connectivity index (χ1v) is 17.5. The largest absolute Gasteiger partial charge is 0.350 e. The van der Waals surface area contributed by atoms with Crippen LogP contribution in [0.15, 0.2) is 97.1 Å². The molecule has 2 heterocycles. The third-order valence-corrected chi connectivity index (χ3v) is 10.0. The van der Waals surface area contributed by atoms with E-state index in [1.807, 2.05) is 30.3 Å². The lowest BCUT2D eigenvalue weighted by atomic mass is 9.90. The van der Waals surface area contributed by atoms with Crippen LogP contribution in [0.25, 0.3) is 10.8 Å². The summed E-state index contributed by atoms with van der Waals surface area (Å²) in [5, 5.41) is 9.06. The zero-order valence-electron chi connectivity index (χ0n) is 25.8. The van der Waals surface area contributed by atoms with E-state index in [9.17, 15) is 9.59 Å². The molecule has 2 amide bonds. The van der Waals surface area contributed by atoms with E-state index in [-0.39, 0.29) is 29.8 Å². The van der Waals surface area contributed by atoms with Gasteiger partial charge in [-0.1, -0.05) is 79.2 Å². The summed E-state index contributed by atoms with van der Waals surface area (Å²) in [4.78, 5) is 32.1. The first-order valence-electron chi connectivity index (χ1n) is 16.4. The molecular weight excluding hydrogens is 671 g/mol. The maximum atomic E-state index is 14.2. The van der Waals surface area contributed by atoms with E-state index in [0.717, 1.165) is 43.2 Å². The van der Waals surface area contributed by atoms with Crippen molar-refractivity contribution >= 4 is 45.2 Å². The molecule has 234 valence electrons. The molecular formula is C38H43IN4O2. The highest BCUT2D eigenvalue weighted by atomic mass is 127. The summed E-state index contributed by atoms with van der Waals surface area (Å²) >= 11 is 2.31. The lowest BCUT2D eigenvalue weighted by Gasteiger charge is -2.31. The minimum Gasteiger partial charge on any atom is -0.350 e. The molecule has 2 aliphatic heterocycles. The number of likely N-dealkylation sites (tertiary alicyclic amines) is 1. The number of nitrogens with one attached hydrogen (secondary N) is 2. The van der Waals surface area contributed by atoms with Gasteiger partial charge in [0.1, 0.15) is 0 Å². The molecule has 4 aromatic rings. The van der Waals surface area contributed by atoms with Gasteiger partial charge in [0, 0.05) is 47.3 Å². The number of benzene rings is 4. The van der Waals surface area contributed by atoms with Crippen molar-refractivity contribution in [2.24, 2.45) is 0 Å². The number of amides is 2. The highest BCUT2D eigenvalue weighted by Gasteiger charge is 2.33. The highest BCUT2D eigenvalue weighted by molar-refractivity contribution is 14.1. The number of hydrogen-bond acceptors (Lipinski definition) is 4. The summed E-state index contributed by atoms with van der Waals surface area (Å²) in [6, 6.07) is 32.9. The maximum absolute atomic E-state index is 14.2. The predicted molar refractivity (Wildman–Crippen MR) is 191 cm³/mol. The average molecular weight is 715 g/mol. The number of nitrogens with zero attached hydrogens (tertiary/aromatic N) is 2. The Bertz CT molecular complexity index is 1540. The van der Waals surface area contributed by atoms with Gasteiger partial charge in [0.15, 0.2) is 0 Å². The van der Waals surface area contributed by atoms with Crippen LogP contribution in [0.2, 0.25) is 0 Å². The fourth-order valence-corrected chi connectivity index (χ4v) is 7.31. The van der Waals surface area contributed by atoms with Crippen LogP contribution < -0.4 is 10.6 Å². The fourth-order valence-electron chi connectivity index (χ4n) is 6.80. The van der Waals surface area contributed by atoms with Crippen molar-refractivity contribution in [2.45, 2.75) is 50.1 Å². The molecule has 0 spiro atoms. The van der Waals surface area contributed by atoms with Gasteiger partial charge in [-0.05, 0) is 108 Å². The third kappa shape index (κ3) is 8.31. The Morgan fingerprint density at radius 2 is 1.51 bits per heavy atom. The number of halogens is 1. The van der Waals surface area contributed by atoms with Gasteiger partial charge in [0.05, 0.1) is 6.04 Å². The van der Waals surface area contributed by atoms with Crippen LogP contribution in [0.4, 0.5) is 0 Å². The first kappa shape index (κ1) is 31.7. The second-order valence-corrected chi connectivity index (χ2v) is 13.7. The van der Waals surface area contributed by atoms with Gasteiger partial charge in [-0.15, -0.1) is 0 Å². The van der Waals surface area contributed by atoms with Crippen LogP contribution in [0.5, 0.6) is 0 Å². The van der Waals surface area contributed by atoms with Crippen molar-refractivity contribution in [3.8, 4) is 0 Å². The summed E-state index contributed by atoms with van der Waals surface area (Å²) < 4.78 is 1.18. The molecule has 0 saturated carbocycles. The van der Waals surface area contributed by atoms with Crippen LogP contribution in [-0.4, -0.2) is 73.0 Å². The SMILES string of the molecule is O=C(NC[C@@H]1CCN(CC(c2ccccc2)c2ccccc2)C(=O)[C@H](CCN2CCCCC2)N1)c1ccc2cc(I)ccc2c1. The number of carbonyl (C=O) groups is 2. The second kappa shape index (κ2) is 15.3. The molecule has 0 aromatic heterocycles. The summed E-state index contributed by atoms with van der Waals surface area (Å²) in [6.45, 7) is 4.89. The van der Waals surface area contributed by atoms with Crippen LogP contribution in [0, 0.1) is 3.57 Å². The molecule has 2 saturated heterocycles. The number of rotatable bonds is 10. The predicted octanol–water partition coefficient (Wildman–Crippen LogP) is 6.44. The third-order valence-electron chi connectivity index (χ3n) is 9.36. The number of carbonyl (C=O) groups excluding carboxylic acids is 2. The van der Waals surface area contributed by atoms with E-state index in [1.54, 1.807) is 0 Å². The maximum Gasteiger partial charge on any atom is 0.251 e. The summed E-state index contributed by atoms with van der Waals surface area (Å²) in [7, 11) is 0. The van der Waals surface area contributed by atoms with Gasteiger partial charge >= 0.3 is 0 Å². The van der Waals surface area contributed by atoms with E-state index in [4.69, 9.17) is 0 Å². The summed E-state index contributed by atoms with van der Waals surface area (Å²) in [6.07, 6.45) is 5.31. The smallest absolute Gasteiger partial charge is 0.251 e. The van der Waals surface area contributed by atoms with E-state index < -0.39 is 0 Å². The molecule has 2 aliphatic rings. The lowest BCUT2D eigenvalue weighted by Crippen LogP contribution is -2.50. The van der Waals surface area contributed by atoms with E-state index in [1.165, 1.54) is 34.0 Å². The first-order chi connectivity index (χ1) is 22.0. The Kier molecular flexibility index (Phi) is 10.8. The molecule has 2 atom stereocenters. The topological polar surface area (TPSA) is 64.7 Å². The molecule has 6 rings (SSSR count). The summed E-state index contributed by atoms with van der Waals surface area (Å²) in [5.41, 5.74) is 3.09. The van der Waals surface area contributed by atoms with Crippen molar-refractivity contribution in [2.75, 3.05) is 39.3 Å². The fraction of sp³-hybridized carbons (Fsp3) is 0.368. The molecule has 4 aromatic carbocycles. The van der Waals surface area contributed by atoms with Crippen LogP contribution >= 0.6 is 22.6 Å². The molecule has 0 unspecified atom stereocenters. The molecule has 2 fully saturated rings. The zero-order chi connectivity index (χ0) is 31.0. The van der Waals surface area contributed by atoms with Crippen molar-refractivity contribution in [1.29, 1.82) is 0 Å². The van der Waals surface area contributed by atoms with Gasteiger partial charge in [-0.2, -0.15) is 0 Å². The Morgan fingerprint density at radius 3 is 2.22 bits per heavy atom. The normalized spacial score (nSPS) is 19.5. The molecule has 0 aliphatic carbocycles. The lowest BCUT2D eigenvalue weighted by molar-refractivity contribution is -0.133. The van der Waals surface area contributed by atoms with Crippen LogP contribution in [0.3, 0.4) is 0 Å². The van der Waals surface area contributed by atoms with Gasteiger partial charge in [-0.3, -0.25) is 9.59 Å². The Balaban J connectivity index is 1.17. The molecule has 0 radical (unpaired) electrons. The number of hydrogen-bond donors (Lipinski definition) is 2. The van der Waals surface area contributed by atoms with Gasteiger partial charge in [0.2, 0.25) is 5.91 Å². The second-order valence-electron chi connectivity index (χ2n) is 12.5. The van der Waals surface area contributed by atoms with E-state index in [2.05, 4.69) is 110 Å². The molecule has 7 heteroatoms. The minimum atomic E-state index is -0.285. The molecule has 6 nitrogen and oxygen atoms in total. The number of fused-ring (bicyclic) bond motifs is 1. The van der Waals surface area contributed by atoms with Gasteiger partial charge in [-0.25, -0.2) is 0 Å². The monoisotopic (exact) mass is 714 g/mol. The van der Waals surface area contributed by atoms with Crippen molar-refractivity contribution in [1.82, 2.24) is 20.4 Å². The molecule has 2 N–H and O–H groups in total. The average Bonchev–Trinajstić information content (AvgIpc) is 3.23.